The van der Waals surface area contributed by atoms with Crippen LogP contribution >= 0.6 is 0 Å². The number of hydrogen-bond acceptors (Lipinski definition) is 4. The molecule has 0 aliphatic heterocycles. The second-order valence-corrected chi connectivity index (χ2v) is 13.4. The first kappa shape index (κ1) is 23.7. The highest BCUT2D eigenvalue weighted by molar-refractivity contribution is 6.74. The van der Waals surface area contributed by atoms with E-state index in [1.54, 1.807) is 19.2 Å². The average molecular weight is 425 g/mol. The van der Waals surface area contributed by atoms with Crippen molar-refractivity contribution in [1.82, 2.24) is 0 Å². The van der Waals surface area contributed by atoms with Crippen molar-refractivity contribution < 1.29 is 18.7 Å². The van der Waals surface area contributed by atoms with Gasteiger partial charge in [0.25, 0.3) is 0 Å². The zero-order chi connectivity index (χ0) is 22.2. The quantitative estimate of drug-likeness (QED) is 0.236. The largest absolute Gasteiger partial charge is 0.497 e. The van der Waals surface area contributed by atoms with Crippen LogP contribution in [-0.4, -0.2) is 28.0 Å². The zero-order valence-electron chi connectivity index (χ0n) is 18.8. The maximum atomic E-state index is 12.5. The second-order valence-electron chi connectivity index (χ2n) is 8.60. The molecule has 2 aromatic rings. The molecule has 0 aliphatic carbocycles. The number of carbonyl (C=O) groups excluding carboxylic acids is 1. The summed E-state index contributed by atoms with van der Waals surface area (Å²) in [5.41, 5.74) is 1.30. The summed E-state index contributed by atoms with van der Waals surface area (Å²) in [7, 11) is -0.179. The molecule has 2 aromatic carbocycles. The third kappa shape index (κ3) is 6.76. The van der Waals surface area contributed by atoms with Crippen LogP contribution in [0.15, 0.2) is 54.6 Å². The molecule has 1 atom stereocenters. The standard InChI is InChI=1S/C25H32O4Si/c1-25(2,3)30(5,6)28-19-11-10-14-23(20-15-17-22(27-4)18-16-20)29-24(26)21-12-8-7-9-13-21/h7-9,12-13,15-18,23H,11,19H2,1-6H3. The third-order valence-electron chi connectivity index (χ3n) is 5.38. The van der Waals surface area contributed by atoms with E-state index >= 15 is 0 Å². The van der Waals surface area contributed by atoms with Gasteiger partial charge in [-0.1, -0.05) is 62.9 Å². The Morgan fingerprint density at radius 3 is 2.23 bits per heavy atom. The predicted octanol–water partition coefficient (Wildman–Crippen LogP) is 6.01. The predicted molar refractivity (Wildman–Crippen MR) is 123 cm³/mol. The van der Waals surface area contributed by atoms with E-state index in [1.165, 1.54) is 0 Å². The van der Waals surface area contributed by atoms with Gasteiger partial charge in [-0.25, -0.2) is 4.79 Å². The van der Waals surface area contributed by atoms with Crippen molar-refractivity contribution in [3.63, 3.8) is 0 Å². The summed E-state index contributed by atoms with van der Waals surface area (Å²) >= 11 is 0. The summed E-state index contributed by atoms with van der Waals surface area (Å²) in [5, 5.41) is 0.164. The first-order valence-corrected chi connectivity index (χ1v) is 13.1. The van der Waals surface area contributed by atoms with Gasteiger partial charge < -0.3 is 13.9 Å². The monoisotopic (exact) mass is 424 g/mol. The first-order valence-electron chi connectivity index (χ1n) is 10.2. The molecule has 0 saturated heterocycles. The lowest BCUT2D eigenvalue weighted by molar-refractivity contribution is 0.0407. The Morgan fingerprint density at radius 1 is 1.03 bits per heavy atom. The number of ether oxygens (including phenoxy) is 2. The Kier molecular flexibility index (Phi) is 8.28. The fourth-order valence-corrected chi connectivity index (χ4v) is 3.49. The number of esters is 1. The molecule has 0 heterocycles. The van der Waals surface area contributed by atoms with E-state index in [9.17, 15) is 4.79 Å². The van der Waals surface area contributed by atoms with E-state index in [4.69, 9.17) is 13.9 Å². The van der Waals surface area contributed by atoms with Crippen molar-refractivity contribution in [1.29, 1.82) is 0 Å². The number of carbonyl (C=O) groups is 1. The van der Waals surface area contributed by atoms with Gasteiger partial charge in [-0.3, -0.25) is 0 Å². The van der Waals surface area contributed by atoms with Crippen LogP contribution in [0, 0.1) is 11.8 Å². The Hall–Kier alpha value is -2.55. The molecule has 0 fully saturated rings. The molecule has 160 valence electrons. The van der Waals surface area contributed by atoms with E-state index in [0.29, 0.717) is 18.6 Å². The van der Waals surface area contributed by atoms with Crippen LogP contribution in [-0.2, 0) is 9.16 Å². The average Bonchev–Trinajstić information content (AvgIpc) is 2.72. The SMILES string of the molecule is COc1ccc(C(C#CCCO[Si](C)(C)C(C)(C)C)OC(=O)c2ccccc2)cc1. The van der Waals surface area contributed by atoms with Crippen LogP contribution in [0.4, 0.5) is 0 Å². The van der Waals surface area contributed by atoms with Crippen LogP contribution in [0.1, 0.15) is 49.2 Å². The van der Waals surface area contributed by atoms with Crippen LogP contribution in [0.3, 0.4) is 0 Å². The smallest absolute Gasteiger partial charge is 0.339 e. The molecule has 4 nitrogen and oxygen atoms in total. The molecule has 0 N–H and O–H groups in total. The fourth-order valence-electron chi connectivity index (χ4n) is 2.45. The van der Waals surface area contributed by atoms with Gasteiger partial charge in [0.15, 0.2) is 14.4 Å². The van der Waals surface area contributed by atoms with Gasteiger partial charge in [0.2, 0.25) is 0 Å². The third-order valence-corrected chi connectivity index (χ3v) is 9.92. The van der Waals surface area contributed by atoms with Crippen LogP contribution in [0.25, 0.3) is 0 Å². The molecule has 0 bridgehead atoms. The first-order chi connectivity index (χ1) is 14.1. The molecule has 0 saturated carbocycles. The van der Waals surface area contributed by atoms with Crippen molar-refractivity contribution in [2.24, 2.45) is 0 Å². The molecule has 1 unspecified atom stereocenters. The van der Waals surface area contributed by atoms with Crippen molar-refractivity contribution in [3.8, 4) is 17.6 Å². The normalized spacial score (nSPS) is 12.5. The summed E-state index contributed by atoms with van der Waals surface area (Å²) in [6.45, 7) is 11.7. The van der Waals surface area contributed by atoms with Gasteiger partial charge in [0.05, 0.1) is 12.7 Å². The molecule has 30 heavy (non-hydrogen) atoms. The Labute approximate surface area is 181 Å². The lowest BCUT2D eigenvalue weighted by Gasteiger charge is -2.35. The molecule has 0 radical (unpaired) electrons. The molecular weight excluding hydrogens is 392 g/mol. The van der Waals surface area contributed by atoms with Crippen molar-refractivity contribution >= 4 is 14.3 Å². The minimum Gasteiger partial charge on any atom is -0.497 e. The van der Waals surface area contributed by atoms with Crippen molar-refractivity contribution in [3.05, 3.63) is 65.7 Å². The summed E-state index contributed by atoms with van der Waals surface area (Å²) in [6, 6.07) is 16.3. The fraction of sp³-hybridized carbons (Fsp3) is 0.400. The van der Waals surface area contributed by atoms with Crippen molar-refractivity contribution in [2.45, 2.75) is 51.4 Å². The van der Waals surface area contributed by atoms with Gasteiger partial charge in [-0.15, -0.1) is 0 Å². The number of rotatable bonds is 7. The minimum absolute atomic E-state index is 0.164. The maximum absolute atomic E-state index is 12.5. The molecule has 0 spiro atoms. The lowest BCUT2D eigenvalue weighted by atomic mass is 10.1. The molecule has 2 rings (SSSR count). The molecule has 0 aromatic heterocycles. The number of benzene rings is 2. The Morgan fingerprint density at radius 2 is 1.67 bits per heavy atom. The van der Waals surface area contributed by atoms with Gasteiger partial charge in [-0.2, -0.15) is 0 Å². The molecule has 0 aliphatic rings. The minimum atomic E-state index is -1.79. The van der Waals surface area contributed by atoms with Crippen LogP contribution in [0.2, 0.25) is 18.1 Å². The van der Waals surface area contributed by atoms with Crippen LogP contribution in [0.5, 0.6) is 5.75 Å². The van der Waals surface area contributed by atoms with E-state index in [0.717, 1.165) is 11.3 Å². The van der Waals surface area contributed by atoms with E-state index in [1.807, 2.05) is 42.5 Å². The molecular formula is C25H32O4Si. The number of methoxy groups -OCH3 is 1. The summed E-state index contributed by atoms with van der Waals surface area (Å²) in [6.07, 6.45) is -0.0707. The lowest BCUT2D eigenvalue weighted by Crippen LogP contribution is -2.40. The highest BCUT2D eigenvalue weighted by Crippen LogP contribution is 2.36. The van der Waals surface area contributed by atoms with E-state index in [-0.39, 0.29) is 5.04 Å². The zero-order valence-corrected chi connectivity index (χ0v) is 19.8. The summed E-state index contributed by atoms with van der Waals surface area (Å²) < 4.78 is 17.1. The van der Waals surface area contributed by atoms with Crippen molar-refractivity contribution in [2.75, 3.05) is 13.7 Å². The van der Waals surface area contributed by atoms with Crippen LogP contribution < -0.4 is 4.74 Å². The Balaban J connectivity index is 2.10. The topological polar surface area (TPSA) is 44.8 Å². The van der Waals surface area contributed by atoms with Gasteiger partial charge >= 0.3 is 5.97 Å². The summed E-state index contributed by atoms with van der Waals surface area (Å²) in [5.74, 6) is 6.57. The maximum Gasteiger partial charge on any atom is 0.339 e. The van der Waals surface area contributed by atoms with E-state index in [2.05, 4.69) is 45.7 Å². The Bertz CT molecular complexity index is 871. The summed E-state index contributed by atoms with van der Waals surface area (Å²) in [4.78, 5) is 12.5. The molecule has 5 heteroatoms. The van der Waals surface area contributed by atoms with E-state index < -0.39 is 20.4 Å². The molecule has 0 amide bonds. The second kappa shape index (κ2) is 10.5. The number of hydrogen-bond donors (Lipinski definition) is 0. The van der Waals surface area contributed by atoms with Gasteiger partial charge in [0, 0.05) is 18.6 Å². The van der Waals surface area contributed by atoms with Gasteiger partial charge in [-0.05, 0) is 42.4 Å². The highest BCUT2D eigenvalue weighted by Gasteiger charge is 2.36. The van der Waals surface area contributed by atoms with Gasteiger partial charge in [0.1, 0.15) is 5.75 Å². The highest BCUT2D eigenvalue weighted by atomic mass is 28.4.